The van der Waals surface area contributed by atoms with E-state index in [1.807, 2.05) is 0 Å². The van der Waals surface area contributed by atoms with Crippen LogP contribution in [0.15, 0.2) is 18.2 Å². The normalized spacial score (nSPS) is 9.40. The topological polar surface area (TPSA) is 29.1 Å². The first-order valence-corrected chi connectivity index (χ1v) is 2.74. The molecule has 0 spiro atoms. The Bertz CT molecular complexity index is 235. The summed E-state index contributed by atoms with van der Waals surface area (Å²) in [4.78, 5) is 0. The molecule has 1 aromatic rings. The van der Waals surface area contributed by atoms with Crippen molar-refractivity contribution >= 4 is 0 Å². The molecule has 1 aromatic carbocycles. The minimum Gasteiger partial charge on any atom is -0.494 e. The van der Waals surface area contributed by atoms with Gasteiger partial charge in [0.15, 0.2) is 17.3 Å². The maximum Gasteiger partial charge on any atom is 0.182 e. The maximum absolute atomic E-state index is 12.5. The molecular weight excluding hydrogens is 135 g/mol. The Hall–Kier alpha value is -1.25. The lowest BCUT2D eigenvalue weighted by Gasteiger charge is -1.98. The molecule has 0 saturated heterocycles. The predicted octanol–water partition coefficient (Wildman–Crippen LogP) is 1.98. The Morgan fingerprint density at radius 3 is 2.70 bits per heavy atom. The van der Waals surface area contributed by atoms with Crippen molar-refractivity contribution in [1.29, 1.82) is 0 Å². The van der Waals surface area contributed by atoms with Crippen LogP contribution in [0.5, 0.6) is 11.5 Å². The molecule has 0 heterocycles. The largest absolute Gasteiger partial charge is 0.494 e. The van der Waals surface area contributed by atoms with Gasteiger partial charge in [-0.25, -0.2) is 4.39 Å². The van der Waals surface area contributed by atoms with E-state index in [-0.39, 0.29) is 11.5 Å². The molecule has 3 heteroatoms. The van der Waals surface area contributed by atoms with Gasteiger partial charge >= 0.3 is 0 Å². The van der Waals surface area contributed by atoms with E-state index in [1.54, 1.807) is 0 Å². The van der Waals surface area contributed by atoms with Gasteiger partial charge in [0.25, 0.3) is 0 Å². The van der Waals surface area contributed by atoms with Gasteiger partial charge < -0.3 is 4.74 Å². The van der Waals surface area contributed by atoms with E-state index < -0.39 is 5.82 Å². The highest BCUT2D eigenvalue weighted by Crippen LogP contribution is 2.21. The van der Waals surface area contributed by atoms with Crippen LogP contribution in [0, 0.1) is 5.82 Å². The Morgan fingerprint density at radius 1 is 1.50 bits per heavy atom. The molecule has 10 heavy (non-hydrogen) atoms. The summed E-state index contributed by atoms with van der Waals surface area (Å²) in [6, 6.07) is 3.34. The molecule has 0 saturated carbocycles. The van der Waals surface area contributed by atoms with Crippen LogP contribution in [-0.4, -0.2) is 7.11 Å². The van der Waals surface area contributed by atoms with E-state index >= 15 is 0 Å². The number of hydrogen-bond donors (Lipinski definition) is 0. The van der Waals surface area contributed by atoms with Gasteiger partial charge in [-0.2, -0.15) is 0 Å². The molecule has 0 aliphatic carbocycles. The molecule has 53 valence electrons. The third kappa shape index (κ3) is 1.18. The van der Waals surface area contributed by atoms with Gasteiger partial charge in [-0.15, -0.1) is 0 Å². The summed E-state index contributed by atoms with van der Waals surface area (Å²) in [6.45, 7) is 0. The summed E-state index contributed by atoms with van der Waals surface area (Å²) in [5.74, 6) is -0.771. The van der Waals surface area contributed by atoms with Crippen LogP contribution in [0.4, 0.5) is 4.39 Å². The van der Waals surface area contributed by atoms with Crippen molar-refractivity contribution < 1.29 is 14.2 Å². The first-order chi connectivity index (χ1) is 4.74. The zero-order valence-corrected chi connectivity index (χ0v) is 5.43. The number of benzene rings is 1. The van der Waals surface area contributed by atoms with E-state index in [1.165, 1.54) is 7.11 Å². The molecule has 0 bridgehead atoms. The van der Waals surface area contributed by atoms with Crippen molar-refractivity contribution in [3.8, 4) is 11.5 Å². The van der Waals surface area contributed by atoms with Gasteiger partial charge in [-0.3, -0.25) is 5.11 Å². The summed E-state index contributed by atoms with van der Waals surface area (Å²) < 4.78 is 17.1. The fraction of sp³-hybridized carbons (Fsp3) is 0.143. The Kier molecular flexibility index (Phi) is 1.76. The number of hydrogen-bond acceptors (Lipinski definition) is 1. The minimum atomic E-state index is -0.512. The lowest BCUT2D eigenvalue weighted by molar-refractivity contribution is 0.342. The lowest BCUT2D eigenvalue weighted by atomic mass is 10.3. The number of halogens is 1. The van der Waals surface area contributed by atoms with Crippen molar-refractivity contribution in [3.05, 3.63) is 24.0 Å². The summed E-state index contributed by atoms with van der Waals surface area (Å²) >= 11 is 0. The Labute approximate surface area is 57.9 Å². The standard InChI is InChI=1S/C7H6FO2/c1-10-7-4-5(9)2-3-6(7)8/h2-4H,1H3. The van der Waals surface area contributed by atoms with E-state index in [0.29, 0.717) is 0 Å². The molecule has 0 atom stereocenters. The van der Waals surface area contributed by atoms with E-state index in [0.717, 1.165) is 18.2 Å². The second kappa shape index (κ2) is 2.56. The van der Waals surface area contributed by atoms with Crippen molar-refractivity contribution in [2.75, 3.05) is 7.11 Å². The number of ether oxygens (including phenoxy) is 1. The van der Waals surface area contributed by atoms with E-state index in [9.17, 15) is 9.50 Å². The second-order valence-corrected chi connectivity index (χ2v) is 1.80. The molecule has 0 aliphatic rings. The van der Waals surface area contributed by atoms with E-state index in [2.05, 4.69) is 4.74 Å². The van der Waals surface area contributed by atoms with Gasteiger partial charge in [0, 0.05) is 6.07 Å². The molecule has 0 aromatic heterocycles. The number of rotatable bonds is 1. The summed E-state index contributed by atoms with van der Waals surface area (Å²) in [7, 11) is 1.32. The smallest absolute Gasteiger partial charge is 0.182 e. The predicted molar refractivity (Wildman–Crippen MR) is 33.1 cm³/mol. The average Bonchev–Trinajstić information content (AvgIpc) is 1.94. The summed E-state index contributed by atoms with van der Waals surface area (Å²) in [6.07, 6.45) is 0. The fourth-order valence-electron chi connectivity index (χ4n) is 0.640. The Balaban J connectivity index is 3.09. The van der Waals surface area contributed by atoms with Gasteiger partial charge in [0.1, 0.15) is 0 Å². The zero-order chi connectivity index (χ0) is 7.56. The highest BCUT2D eigenvalue weighted by atomic mass is 19.1. The monoisotopic (exact) mass is 141 g/mol. The third-order valence-electron chi connectivity index (χ3n) is 1.12. The molecule has 0 aliphatic heterocycles. The molecule has 0 fully saturated rings. The summed E-state index contributed by atoms with van der Waals surface area (Å²) in [5.41, 5.74) is 0. The highest BCUT2D eigenvalue weighted by Gasteiger charge is 2.01. The lowest BCUT2D eigenvalue weighted by Crippen LogP contribution is -1.85. The molecule has 0 unspecified atom stereocenters. The molecule has 0 N–H and O–H groups in total. The highest BCUT2D eigenvalue weighted by molar-refractivity contribution is 5.32. The van der Waals surface area contributed by atoms with Crippen LogP contribution >= 0.6 is 0 Å². The fourth-order valence-corrected chi connectivity index (χ4v) is 0.640. The Morgan fingerprint density at radius 2 is 2.20 bits per heavy atom. The first kappa shape index (κ1) is 6.86. The van der Waals surface area contributed by atoms with Gasteiger partial charge in [0.2, 0.25) is 0 Å². The van der Waals surface area contributed by atoms with Crippen LogP contribution in [0.3, 0.4) is 0 Å². The van der Waals surface area contributed by atoms with Crippen molar-refractivity contribution in [3.63, 3.8) is 0 Å². The van der Waals surface area contributed by atoms with Gasteiger partial charge in [-0.05, 0) is 12.1 Å². The SMILES string of the molecule is COc1cc([O])ccc1F. The van der Waals surface area contributed by atoms with Gasteiger partial charge in [-0.1, -0.05) is 0 Å². The maximum atomic E-state index is 12.5. The minimum absolute atomic E-state index is 0.00694. The van der Waals surface area contributed by atoms with Crippen molar-refractivity contribution in [2.24, 2.45) is 0 Å². The third-order valence-corrected chi connectivity index (χ3v) is 1.12. The molecule has 0 amide bonds. The average molecular weight is 141 g/mol. The number of methoxy groups -OCH3 is 1. The van der Waals surface area contributed by atoms with Crippen LogP contribution in [0.25, 0.3) is 0 Å². The van der Waals surface area contributed by atoms with Crippen molar-refractivity contribution in [2.45, 2.75) is 0 Å². The van der Waals surface area contributed by atoms with Crippen molar-refractivity contribution in [1.82, 2.24) is 0 Å². The van der Waals surface area contributed by atoms with Gasteiger partial charge in [0.05, 0.1) is 7.11 Å². The second-order valence-electron chi connectivity index (χ2n) is 1.80. The quantitative estimate of drug-likeness (QED) is 0.587. The zero-order valence-electron chi connectivity index (χ0n) is 5.43. The van der Waals surface area contributed by atoms with Crippen LogP contribution in [0.2, 0.25) is 0 Å². The first-order valence-electron chi connectivity index (χ1n) is 2.74. The summed E-state index contributed by atoms with van der Waals surface area (Å²) in [5, 5.41) is 10.6. The molecular formula is C7H6FO2. The molecule has 2 nitrogen and oxygen atoms in total. The van der Waals surface area contributed by atoms with Crippen LogP contribution < -0.4 is 4.74 Å². The molecule has 1 rings (SSSR count). The molecule has 1 radical (unpaired) electrons. The van der Waals surface area contributed by atoms with Crippen LogP contribution in [-0.2, 0) is 5.11 Å². The van der Waals surface area contributed by atoms with E-state index in [4.69, 9.17) is 0 Å². The van der Waals surface area contributed by atoms with Crippen LogP contribution in [0.1, 0.15) is 0 Å².